The summed E-state index contributed by atoms with van der Waals surface area (Å²) in [5.74, 6) is 1.56. The highest BCUT2D eigenvalue weighted by Crippen LogP contribution is 2.26. The Morgan fingerprint density at radius 3 is 3.00 bits per heavy atom. The Labute approximate surface area is 95.4 Å². The van der Waals surface area contributed by atoms with Gasteiger partial charge < -0.3 is 9.73 Å². The second-order valence-corrected chi connectivity index (χ2v) is 5.01. The van der Waals surface area contributed by atoms with Gasteiger partial charge in [-0.05, 0) is 45.7 Å². The molecule has 1 atom stereocenters. The summed E-state index contributed by atoms with van der Waals surface area (Å²) in [6.45, 7) is 5.08. The lowest BCUT2D eigenvalue weighted by Gasteiger charge is -2.21. The summed E-state index contributed by atoms with van der Waals surface area (Å²) in [6, 6.07) is 0. The van der Waals surface area contributed by atoms with Crippen molar-refractivity contribution in [2.75, 3.05) is 13.1 Å². The van der Waals surface area contributed by atoms with Gasteiger partial charge in [0.15, 0.2) is 17.3 Å². The van der Waals surface area contributed by atoms with Gasteiger partial charge in [0.25, 0.3) is 0 Å². The summed E-state index contributed by atoms with van der Waals surface area (Å²) in [5.41, 5.74) is -1.43. The first-order chi connectivity index (χ1) is 7.55. The molecule has 0 amide bonds. The molecule has 1 unspecified atom stereocenters. The lowest BCUT2D eigenvalue weighted by Crippen LogP contribution is -2.30. The number of alkyl halides is 1. The molecule has 0 radical (unpaired) electrons. The predicted molar refractivity (Wildman–Crippen MR) is 59.9 cm³/mol. The summed E-state index contributed by atoms with van der Waals surface area (Å²) >= 11 is 0. The van der Waals surface area contributed by atoms with Crippen LogP contribution in [0, 0.1) is 5.92 Å². The minimum Gasteiger partial charge on any atom is -0.442 e. The van der Waals surface area contributed by atoms with Crippen molar-refractivity contribution < 1.29 is 8.81 Å². The number of nitrogens with zero attached hydrogens (tertiary/aromatic N) is 1. The van der Waals surface area contributed by atoms with Gasteiger partial charge in [-0.15, -0.1) is 0 Å². The lowest BCUT2D eigenvalue weighted by atomic mass is 9.96. The van der Waals surface area contributed by atoms with Gasteiger partial charge in [-0.3, -0.25) is 0 Å². The smallest absolute Gasteiger partial charge is 0.194 e. The van der Waals surface area contributed by atoms with Gasteiger partial charge in [0.2, 0.25) is 0 Å². The fourth-order valence-electron chi connectivity index (χ4n) is 2.02. The Balaban J connectivity index is 1.97. The first kappa shape index (κ1) is 11.6. The number of hydrogen-bond donors (Lipinski definition) is 1. The normalized spacial score (nSPS) is 22.3. The molecule has 16 heavy (non-hydrogen) atoms. The van der Waals surface area contributed by atoms with Crippen molar-refractivity contribution in [2.24, 2.45) is 5.92 Å². The van der Waals surface area contributed by atoms with Gasteiger partial charge in [-0.2, -0.15) is 0 Å². The van der Waals surface area contributed by atoms with E-state index in [2.05, 4.69) is 10.3 Å². The Morgan fingerprint density at radius 1 is 1.62 bits per heavy atom. The first-order valence-corrected chi connectivity index (χ1v) is 5.90. The summed E-state index contributed by atoms with van der Waals surface area (Å²) < 4.78 is 19.0. The standard InChI is InChI=1S/C12H19FN2O/c1-12(2,13)10-8-15-11(16-10)6-9-4-3-5-14-7-9/h8-9,14H,3-7H2,1-2H3. The van der Waals surface area contributed by atoms with Gasteiger partial charge in [0.05, 0.1) is 6.20 Å². The van der Waals surface area contributed by atoms with E-state index in [1.54, 1.807) is 0 Å². The van der Waals surface area contributed by atoms with Crippen LogP contribution in [0.3, 0.4) is 0 Å². The number of halogens is 1. The number of piperidine rings is 1. The molecule has 0 aliphatic carbocycles. The predicted octanol–water partition coefficient (Wildman–Crippen LogP) is 2.42. The van der Waals surface area contributed by atoms with Crippen molar-refractivity contribution >= 4 is 0 Å². The fraction of sp³-hybridized carbons (Fsp3) is 0.750. The molecule has 3 nitrogen and oxygen atoms in total. The number of hydrogen-bond acceptors (Lipinski definition) is 3. The van der Waals surface area contributed by atoms with Crippen LogP contribution in [0.5, 0.6) is 0 Å². The molecule has 1 aliphatic heterocycles. The van der Waals surface area contributed by atoms with Crippen LogP contribution in [0.2, 0.25) is 0 Å². The summed E-state index contributed by atoms with van der Waals surface area (Å²) in [4.78, 5) is 4.14. The van der Waals surface area contributed by atoms with Crippen molar-refractivity contribution in [2.45, 2.75) is 38.8 Å². The first-order valence-electron chi connectivity index (χ1n) is 5.90. The van der Waals surface area contributed by atoms with Gasteiger partial charge in [-0.25, -0.2) is 9.37 Å². The van der Waals surface area contributed by atoms with Crippen molar-refractivity contribution in [3.63, 3.8) is 0 Å². The van der Waals surface area contributed by atoms with E-state index in [1.165, 1.54) is 32.9 Å². The summed E-state index contributed by atoms with van der Waals surface area (Å²) in [6.07, 6.45) is 4.71. The quantitative estimate of drug-likeness (QED) is 0.860. The van der Waals surface area contributed by atoms with Gasteiger partial charge >= 0.3 is 0 Å². The SMILES string of the molecule is CC(C)(F)c1cnc(CC2CCCNC2)o1. The van der Waals surface area contributed by atoms with Crippen LogP contribution < -0.4 is 5.32 Å². The number of oxazole rings is 1. The van der Waals surface area contributed by atoms with Crippen LogP contribution in [0.4, 0.5) is 4.39 Å². The van der Waals surface area contributed by atoms with E-state index in [1.807, 2.05) is 0 Å². The fourth-order valence-corrected chi connectivity index (χ4v) is 2.02. The van der Waals surface area contributed by atoms with Crippen LogP contribution in [-0.4, -0.2) is 18.1 Å². The van der Waals surface area contributed by atoms with E-state index in [0.717, 1.165) is 19.5 Å². The van der Waals surface area contributed by atoms with E-state index in [4.69, 9.17) is 4.42 Å². The van der Waals surface area contributed by atoms with E-state index in [0.29, 0.717) is 17.6 Å². The third-order valence-corrected chi connectivity index (χ3v) is 3.00. The minimum absolute atomic E-state index is 0.325. The third-order valence-electron chi connectivity index (χ3n) is 3.00. The molecule has 0 aromatic carbocycles. The molecule has 1 saturated heterocycles. The van der Waals surface area contributed by atoms with Gasteiger partial charge in [-0.1, -0.05) is 0 Å². The van der Waals surface area contributed by atoms with E-state index >= 15 is 0 Å². The number of nitrogens with one attached hydrogen (secondary N) is 1. The van der Waals surface area contributed by atoms with E-state index in [-0.39, 0.29) is 0 Å². The van der Waals surface area contributed by atoms with E-state index in [9.17, 15) is 4.39 Å². The zero-order valence-electron chi connectivity index (χ0n) is 9.92. The zero-order chi connectivity index (χ0) is 11.6. The Bertz CT molecular complexity index is 337. The average molecular weight is 226 g/mol. The molecule has 0 saturated carbocycles. The molecule has 1 fully saturated rings. The Morgan fingerprint density at radius 2 is 2.44 bits per heavy atom. The van der Waals surface area contributed by atoms with Gasteiger partial charge in [0.1, 0.15) is 0 Å². The van der Waals surface area contributed by atoms with Crippen LogP contribution >= 0.6 is 0 Å². The largest absolute Gasteiger partial charge is 0.442 e. The van der Waals surface area contributed by atoms with Crippen molar-refractivity contribution in [3.05, 3.63) is 17.8 Å². The number of rotatable bonds is 3. The second kappa shape index (κ2) is 4.53. The molecule has 2 rings (SSSR count). The summed E-state index contributed by atoms with van der Waals surface area (Å²) in [7, 11) is 0. The Kier molecular flexibility index (Phi) is 3.28. The maximum Gasteiger partial charge on any atom is 0.194 e. The molecule has 1 aliphatic rings. The molecule has 0 spiro atoms. The molecule has 1 aromatic heterocycles. The topological polar surface area (TPSA) is 38.1 Å². The van der Waals surface area contributed by atoms with E-state index < -0.39 is 5.67 Å². The Hall–Kier alpha value is -0.900. The highest BCUT2D eigenvalue weighted by molar-refractivity contribution is 5.03. The van der Waals surface area contributed by atoms with Crippen molar-refractivity contribution in [1.29, 1.82) is 0 Å². The van der Waals surface area contributed by atoms with Crippen LogP contribution in [0.15, 0.2) is 10.6 Å². The maximum absolute atomic E-state index is 13.6. The minimum atomic E-state index is -1.43. The molecular weight excluding hydrogens is 207 g/mol. The number of aromatic nitrogens is 1. The maximum atomic E-state index is 13.6. The van der Waals surface area contributed by atoms with Crippen LogP contribution in [-0.2, 0) is 12.1 Å². The second-order valence-electron chi connectivity index (χ2n) is 5.01. The molecule has 2 heterocycles. The molecule has 1 N–H and O–H groups in total. The van der Waals surface area contributed by atoms with Crippen LogP contribution in [0.1, 0.15) is 38.3 Å². The monoisotopic (exact) mass is 226 g/mol. The van der Waals surface area contributed by atoms with Crippen molar-refractivity contribution in [3.8, 4) is 0 Å². The third kappa shape index (κ3) is 2.82. The molecular formula is C12H19FN2O. The average Bonchev–Trinajstić information content (AvgIpc) is 2.67. The van der Waals surface area contributed by atoms with Gasteiger partial charge in [0, 0.05) is 6.42 Å². The highest BCUT2D eigenvalue weighted by Gasteiger charge is 2.25. The molecule has 4 heteroatoms. The summed E-state index contributed by atoms with van der Waals surface area (Å²) in [5, 5.41) is 3.35. The molecule has 90 valence electrons. The highest BCUT2D eigenvalue weighted by atomic mass is 19.1. The molecule has 1 aromatic rings. The van der Waals surface area contributed by atoms with Crippen molar-refractivity contribution in [1.82, 2.24) is 10.3 Å². The molecule has 0 bridgehead atoms. The van der Waals surface area contributed by atoms with Crippen LogP contribution in [0.25, 0.3) is 0 Å². The lowest BCUT2D eigenvalue weighted by molar-refractivity contribution is 0.173. The zero-order valence-corrected chi connectivity index (χ0v) is 9.92.